The second-order valence-electron chi connectivity index (χ2n) is 4.38. The van der Waals surface area contributed by atoms with Gasteiger partial charge in [-0.05, 0) is 26.7 Å². The Morgan fingerprint density at radius 2 is 2.29 bits per heavy atom. The Kier molecular flexibility index (Phi) is 3.78. The van der Waals surface area contributed by atoms with E-state index in [1.807, 2.05) is 20.0 Å². The van der Waals surface area contributed by atoms with Crippen LogP contribution in [0.15, 0.2) is 6.20 Å². The molecule has 0 atom stereocenters. The van der Waals surface area contributed by atoms with E-state index in [2.05, 4.69) is 20.2 Å². The molecule has 0 spiro atoms. The lowest BCUT2D eigenvalue weighted by Gasteiger charge is -2.24. The maximum absolute atomic E-state index is 9.14. The number of nitrogens with zero attached hydrogens (tertiary/aromatic N) is 3. The van der Waals surface area contributed by atoms with Gasteiger partial charge in [-0.1, -0.05) is 0 Å². The highest BCUT2D eigenvalue weighted by molar-refractivity contribution is 5.50. The number of hydrogen-bond donors (Lipinski definition) is 2. The average Bonchev–Trinajstić information content (AvgIpc) is 3.13. The lowest BCUT2D eigenvalue weighted by molar-refractivity contribution is 0.301. The third-order valence-electron chi connectivity index (χ3n) is 2.88. The van der Waals surface area contributed by atoms with Gasteiger partial charge in [0.25, 0.3) is 0 Å². The van der Waals surface area contributed by atoms with Crippen molar-refractivity contribution in [1.82, 2.24) is 9.97 Å². The molecule has 0 aliphatic heterocycles. The van der Waals surface area contributed by atoms with Crippen LogP contribution in [0.25, 0.3) is 0 Å². The Hall–Kier alpha value is -1.36. The molecule has 0 aromatic carbocycles. The van der Waals surface area contributed by atoms with E-state index in [4.69, 9.17) is 5.11 Å². The summed E-state index contributed by atoms with van der Waals surface area (Å²) in [6.45, 7) is 5.66. The van der Waals surface area contributed by atoms with E-state index in [0.29, 0.717) is 18.5 Å². The van der Waals surface area contributed by atoms with Gasteiger partial charge in [0, 0.05) is 30.9 Å². The fourth-order valence-electron chi connectivity index (χ4n) is 1.92. The Morgan fingerprint density at radius 3 is 2.88 bits per heavy atom. The van der Waals surface area contributed by atoms with Crippen molar-refractivity contribution in [2.75, 3.05) is 29.9 Å². The lowest BCUT2D eigenvalue weighted by Crippen LogP contribution is -2.30. The minimum atomic E-state index is 0.163. The van der Waals surface area contributed by atoms with Crippen molar-refractivity contribution in [3.05, 3.63) is 11.8 Å². The highest BCUT2D eigenvalue weighted by atomic mass is 16.3. The predicted molar refractivity (Wildman–Crippen MR) is 68.4 cm³/mol. The van der Waals surface area contributed by atoms with Crippen molar-refractivity contribution in [2.24, 2.45) is 0 Å². The number of rotatable bonds is 6. The van der Waals surface area contributed by atoms with Crippen LogP contribution >= 0.6 is 0 Å². The van der Waals surface area contributed by atoms with E-state index in [1.165, 1.54) is 12.8 Å². The number of nitrogens with one attached hydrogen (secondary N) is 1. The van der Waals surface area contributed by atoms with Gasteiger partial charge in [0.1, 0.15) is 5.82 Å². The molecule has 2 N–H and O–H groups in total. The maximum Gasteiger partial charge on any atom is 0.224 e. The normalized spacial score (nSPS) is 14.8. The summed E-state index contributed by atoms with van der Waals surface area (Å²) in [5.41, 5.74) is 1.06. The van der Waals surface area contributed by atoms with Crippen molar-refractivity contribution in [2.45, 2.75) is 32.7 Å². The summed E-state index contributed by atoms with van der Waals surface area (Å²) in [4.78, 5) is 11.0. The first kappa shape index (κ1) is 12.1. The first-order valence-corrected chi connectivity index (χ1v) is 6.21. The summed E-state index contributed by atoms with van der Waals surface area (Å²) < 4.78 is 0. The minimum absolute atomic E-state index is 0.163. The van der Waals surface area contributed by atoms with Gasteiger partial charge in [-0.15, -0.1) is 0 Å². The van der Waals surface area contributed by atoms with Gasteiger partial charge in [0.15, 0.2) is 0 Å². The molecule has 5 heteroatoms. The van der Waals surface area contributed by atoms with E-state index in [-0.39, 0.29) is 6.61 Å². The molecule has 2 rings (SSSR count). The van der Waals surface area contributed by atoms with Crippen LogP contribution in [0.4, 0.5) is 11.8 Å². The zero-order chi connectivity index (χ0) is 12.3. The maximum atomic E-state index is 9.14. The first-order valence-electron chi connectivity index (χ1n) is 6.21. The topological polar surface area (TPSA) is 61.3 Å². The molecule has 0 saturated heterocycles. The number of aromatic nitrogens is 2. The first-order chi connectivity index (χ1) is 8.26. The molecule has 1 aliphatic carbocycles. The molecule has 94 valence electrons. The molecule has 0 bridgehead atoms. The number of anilines is 2. The van der Waals surface area contributed by atoms with Crippen LogP contribution in [-0.4, -0.2) is 40.8 Å². The van der Waals surface area contributed by atoms with Gasteiger partial charge >= 0.3 is 0 Å². The standard InChI is InChI=1S/C12H20N4O/c1-3-13-12-14-8-9(2)11(15-12)16(6-7-17)10-4-5-10/h8,10,17H,3-7H2,1-2H3,(H,13,14,15). The fraction of sp³-hybridized carbons (Fsp3) is 0.667. The van der Waals surface area contributed by atoms with Crippen molar-refractivity contribution < 1.29 is 5.11 Å². The summed E-state index contributed by atoms with van der Waals surface area (Å²) in [6, 6.07) is 0.547. The minimum Gasteiger partial charge on any atom is -0.395 e. The average molecular weight is 236 g/mol. The molecule has 0 unspecified atom stereocenters. The largest absolute Gasteiger partial charge is 0.395 e. The van der Waals surface area contributed by atoms with Crippen LogP contribution in [-0.2, 0) is 0 Å². The highest BCUT2D eigenvalue weighted by Gasteiger charge is 2.30. The summed E-state index contributed by atoms with van der Waals surface area (Å²) in [6.07, 6.45) is 4.23. The van der Waals surface area contributed by atoms with Crippen molar-refractivity contribution >= 4 is 11.8 Å². The molecule has 1 fully saturated rings. The molecular weight excluding hydrogens is 216 g/mol. The van der Waals surface area contributed by atoms with Crippen LogP contribution in [0.1, 0.15) is 25.3 Å². The predicted octanol–water partition coefficient (Wildman–Crippen LogP) is 1.18. The zero-order valence-corrected chi connectivity index (χ0v) is 10.5. The molecule has 1 aromatic heterocycles. The van der Waals surface area contributed by atoms with Crippen LogP contribution in [0.2, 0.25) is 0 Å². The second kappa shape index (κ2) is 5.31. The van der Waals surface area contributed by atoms with Gasteiger partial charge in [0.05, 0.1) is 6.61 Å². The monoisotopic (exact) mass is 236 g/mol. The molecular formula is C12H20N4O. The zero-order valence-electron chi connectivity index (χ0n) is 10.5. The number of aryl methyl sites for hydroxylation is 1. The van der Waals surface area contributed by atoms with Crippen LogP contribution in [0.5, 0.6) is 0 Å². The Labute approximate surface area is 102 Å². The quantitative estimate of drug-likeness (QED) is 0.776. The summed E-state index contributed by atoms with van der Waals surface area (Å²) in [5, 5.41) is 12.3. The van der Waals surface area contributed by atoms with E-state index in [0.717, 1.165) is 17.9 Å². The Morgan fingerprint density at radius 1 is 1.53 bits per heavy atom. The van der Waals surface area contributed by atoms with Gasteiger partial charge < -0.3 is 15.3 Å². The third kappa shape index (κ3) is 2.85. The summed E-state index contributed by atoms with van der Waals surface area (Å²) in [7, 11) is 0. The highest BCUT2D eigenvalue weighted by Crippen LogP contribution is 2.32. The SMILES string of the molecule is CCNc1ncc(C)c(N(CCO)C2CC2)n1. The number of hydrogen-bond acceptors (Lipinski definition) is 5. The van der Waals surface area contributed by atoms with E-state index in [9.17, 15) is 0 Å². The lowest BCUT2D eigenvalue weighted by atomic mass is 10.3. The Bertz CT molecular complexity index is 379. The smallest absolute Gasteiger partial charge is 0.224 e. The summed E-state index contributed by atoms with van der Waals surface area (Å²) >= 11 is 0. The molecule has 0 amide bonds. The second-order valence-corrected chi connectivity index (χ2v) is 4.38. The number of aliphatic hydroxyl groups excluding tert-OH is 1. The van der Waals surface area contributed by atoms with Crippen molar-refractivity contribution in [1.29, 1.82) is 0 Å². The van der Waals surface area contributed by atoms with Crippen LogP contribution < -0.4 is 10.2 Å². The van der Waals surface area contributed by atoms with Crippen molar-refractivity contribution in [3.63, 3.8) is 0 Å². The van der Waals surface area contributed by atoms with E-state index < -0.39 is 0 Å². The van der Waals surface area contributed by atoms with Gasteiger partial charge in [0.2, 0.25) is 5.95 Å². The Balaban J connectivity index is 2.23. The van der Waals surface area contributed by atoms with Gasteiger partial charge in [-0.3, -0.25) is 0 Å². The number of aliphatic hydroxyl groups is 1. The van der Waals surface area contributed by atoms with Crippen molar-refractivity contribution in [3.8, 4) is 0 Å². The summed E-state index contributed by atoms with van der Waals surface area (Å²) in [5.74, 6) is 1.61. The molecule has 0 radical (unpaired) electrons. The fourth-order valence-corrected chi connectivity index (χ4v) is 1.92. The third-order valence-corrected chi connectivity index (χ3v) is 2.88. The molecule has 1 heterocycles. The van der Waals surface area contributed by atoms with E-state index >= 15 is 0 Å². The molecule has 1 aromatic rings. The van der Waals surface area contributed by atoms with Crippen LogP contribution in [0.3, 0.4) is 0 Å². The van der Waals surface area contributed by atoms with Crippen LogP contribution in [0, 0.1) is 6.92 Å². The van der Waals surface area contributed by atoms with Gasteiger partial charge in [-0.25, -0.2) is 4.98 Å². The molecule has 1 saturated carbocycles. The van der Waals surface area contributed by atoms with E-state index in [1.54, 1.807) is 0 Å². The molecule has 1 aliphatic rings. The van der Waals surface area contributed by atoms with Gasteiger partial charge in [-0.2, -0.15) is 4.98 Å². The molecule has 17 heavy (non-hydrogen) atoms. The molecule has 5 nitrogen and oxygen atoms in total.